The molecule has 2 unspecified atom stereocenters. The van der Waals surface area contributed by atoms with Crippen LogP contribution in [0.1, 0.15) is 24.8 Å². The lowest BCUT2D eigenvalue weighted by molar-refractivity contribution is -0.142. The Labute approximate surface area is 153 Å². The Hall–Kier alpha value is -2.47. The molecular weight excluding hydrogens is 332 g/mol. The Morgan fingerprint density at radius 3 is 2.69 bits per heavy atom. The number of benzene rings is 1. The fourth-order valence-electron chi connectivity index (χ4n) is 3.48. The zero-order valence-electron chi connectivity index (χ0n) is 15.4. The number of hydrogen-bond donors (Lipinski definition) is 0. The van der Waals surface area contributed by atoms with Gasteiger partial charge in [0.25, 0.3) is 0 Å². The second kappa shape index (κ2) is 7.83. The maximum Gasteiger partial charge on any atom is 0.336 e. The van der Waals surface area contributed by atoms with E-state index in [2.05, 4.69) is 4.99 Å². The van der Waals surface area contributed by atoms with Crippen molar-refractivity contribution < 1.29 is 19.1 Å². The van der Waals surface area contributed by atoms with E-state index < -0.39 is 17.8 Å². The molecule has 1 aromatic carbocycles. The van der Waals surface area contributed by atoms with Crippen molar-refractivity contribution in [3.63, 3.8) is 0 Å². The number of carbonyl (C=O) groups excluding carboxylic acids is 2. The van der Waals surface area contributed by atoms with E-state index in [1.54, 1.807) is 6.92 Å². The third kappa shape index (κ3) is 3.70. The normalized spacial score (nSPS) is 22.2. The summed E-state index contributed by atoms with van der Waals surface area (Å²) in [6.07, 6.45) is 0.751. The van der Waals surface area contributed by atoms with Gasteiger partial charge in [-0.1, -0.05) is 30.3 Å². The molecule has 0 aliphatic carbocycles. The van der Waals surface area contributed by atoms with E-state index in [0.717, 1.165) is 18.5 Å². The maximum absolute atomic E-state index is 12.8. The van der Waals surface area contributed by atoms with Crippen LogP contribution in [0, 0.1) is 5.92 Å². The van der Waals surface area contributed by atoms with Crippen LogP contribution in [0.4, 0.5) is 0 Å². The number of fused-ring (bicyclic) bond motifs is 1. The van der Waals surface area contributed by atoms with Crippen molar-refractivity contribution in [2.45, 2.75) is 19.3 Å². The molecule has 2 aliphatic rings. The average molecular weight is 356 g/mol. The Morgan fingerprint density at radius 2 is 2.00 bits per heavy atom. The van der Waals surface area contributed by atoms with E-state index in [0.29, 0.717) is 23.6 Å². The number of ether oxygens (including phenoxy) is 2. The summed E-state index contributed by atoms with van der Waals surface area (Å²) >= 11 is 0. The van der Waals surface area contributed by atoms with Crippen LogP contribution in [0.5, 0.6) is 0 Å². The minimum absolute atomic E-state index is 0.190. The number of cyclic esters (lactones) is 1. The van der Waals surface area contributed by atoms with Crippen LogP contribution in [0.15, 0.2) is 46.6 Å². The van der Waals surface area contributed by atoms with Crippen LogP contribution in [-0.4, -0.2) is 56.4 Å². The largest absolute Gasteiger partial charge is 0.462 e. The molecule has 1 fully saturated rings. The van der Waals surface area contributed by atoms with Crippen molar-refractivity contribution in [1.29, 1.82) is 0 Å². The SMILES string of the molecule is CC1=C(C(=O)OCCCN(C)C)C(c2ccccc2)C2C(=O)OCC2=N1. The van der Waals surface area contributed by atoms with Gasteiger partial charge in [0, 0.05) is 18.2 Å². The van der Waals surface area contributed by atoms with Crippen LogP contribution in [0.3, 0.4) is 0 Å². The van der Waals surface area contributed by atoms with Crippen molar-refractivity contribution in [3.8, 4) is 0 Å². The highest BCUT2D eigenvalue weighted by molar-refractivity contribution is 6.12. The lowest BCUT2D eigenvalue weighted by Crippen LogP contribution is -2.32. The van der Waals surface area contributed by atoms with Gasteiger partial charge in [-0.25, -0.2) is 4.79 Å². The molecule has 2 atom stereocenters. The van der Waals surface area contributed by atoms with Gasteiger partial charge in [0.2, 0.25) is 0 Å². The first-order valence-electron chi connectivity index (χ1n) is 8.80. The van der Waals surface area contributed by atoms with E-state index in [4.69, 9.17) is 9.47 Å². The summed E-state index contributed by atoms with van der Waals surface area (Å²) in [5.41, 5.74) is 2.63. The molecule has 0 aromatic heterocycles. The van der Waals surface area contributed by atoms with Gasteiger partial charge in [-0.3, -0.25) is 9.79 Å². The molecule has 26 heavy (non-hydrogen) atoms. The lowest BCUT2D eigenvalue weighted by atomic mass is 9.76. The highest BCUT2D eigenvalue weighted by atomic mass is 16.5. The van der Waals surface area contributed by atoms with Gasteiger partial charge >= 0.3 is 11.9 Å². The summed E-state index contributed by atoms with van der Waals surface area (Å²) in [5, 5.41) is 0. The summed E-state index contributed by atoms with van der Waals surface area (Å²) in [4.78, 5) is 31.6. The van der Waals surface area contributed by atoms with E-state index in [1.165, 1.54) is 0 Å². The Kier molecular flexibility index (Phi) is 5.52. The van der Waals surface area contributed by atoms with Crippen molar-refractivity contribution in [2.24, 2.45) is 10.9 Å². The first-order chi connectivity index (χ1) is 12.5. The molecule has 0 saturated carbocycles. The van der Waals surface area contributed by atoms with Crippen molar-refractivity contribution in [1.82, 2.24) is 4.90 Å². The predicted octanol–water partition coefficient (Wildman–Crippen LogP) is 2.17. The maximum atomic E-state index is 12.8. The Balaban J connectivity index is 1.88. The molecule has 0 spiro atoms. The van der Waals surface area contributed by atoms with Gasteiger partial charge in [-0.2, -0.15) is 0 Å². The second-order valence-corrected chi connectivity index (χ2v) is 6.87. The molecule has 6 heteroatoms. The second-order valence-electron chi connectivity index (χ2n) is 6.87. The van der Waals surface area contributed by atoms with Crippen LogP contribution < -0.4 is 0 Å². The molecule has 3 rings (SSSR count). The zero-order valence-corrected chi connectivity index (χ0v) is 15.4. The zero-order chi connectivity index (χ0) is 18.7. The number of allylic oxidation sites excluding steroid dienone is 1. The molecule has 2 aliphatic heterocycles. The summed E-state index contributed by atoms with van der Waals surface area (Å²) in [7, 11) is 3.95. The van der Waals surface area contributed by atoms with Gasteiger partial charge in [0.15, 0.2) is 0 Å². The quantitative estimate of drug-likeness (QED) is 0.577. The van der Waals surface area contributed by atoms with E-state index in [1.807, 2.05) is 49.3 Å². The molecule has 2 heterocycles. The average Bonchev–Trinajstić information content (AvgIpc) is 2.98. The Bertz CT molecular complexity index is 752. The molecule has 0 N–H and O–H groups in total. The van der Waals surface area contributed by atoms with Gasteiger partial charge in [0.1, 0.15) is 12.5 Å². The van der Waals surface area contributed by atoms with Crippen molar-refractivity contribution in [2.75, 3.05) is 33.9 Å². The van der Waals surface area contributed by atoms with Gasteiger partial charge in [0.05, 0.1) is 17.9 Å². The molecule has 1 aromatic rings. The van der Waals surface area contributed by atoms with Crippen LogP contribution >= 0.6 is 0 Å². The van der Waals surface area contributed by atoms with Crippen molar-refractivity contribution >= 4 is 17.7 Å². The summed E-state index contributed by atoms with van der Waals surface area (Å²) in [6.45, 7) is 3.15. The molecule has 0 radical (unpaired) electrons. The van der Waals surface area contributed by atoms with Gasteiger partial charge in [-0.15, -0.1) is 0 Å². The number of nitrogens with zero attached hydrogens (tertiary/aromatic N) is 2. The predicted molar refractivity (Wildman–Crippen MR) is 97.9 cm³/mol. The Morgan fingerprint density at radius 1 is 1.27 bits per heavy atom. The van der Waals surface area contributed by atoms with Crippen LogP contribution in [0.2, 0.25) is 0 Å². The first-order valence-corrected chi connectivity index (χ1v) is 8.80. The molecule has 0 bridgehead atoms. The van der Waals surface area contributed by atoms with E-state index in [-0.39, 0.29) is 12.6 Å². The summed E-state index contributed by atoms with van der Waals surface area (Å²) < 4.78 is 10.7. The third-order valence-electron chi connectivity index (χ3n) is 4.68. The van der Waals surface area contributed by atoms with Crippen LogP contribution in [0.25, 0.3) is 0 Å². The monoisotopic (exact) mass is 356 g/mol. The minimum atomic E-state index is -0.551. The fraction of sp³-hybridized carbons (Fsp3) is 0.450. The number of carbonyl (C=O) groups is 2. The standard InChI is InChI=1S/C20H24N2O4/c1-13-16(19(23)25-11-7-10-22(2)3)17(14-8-5-4-6-9-14)18-15(21-13)12-26-20(18)24/h4-6,8-9,17-18H,7,10-12H2,1-3H3. The van der Waals surface area contributed by atoms with Crippen molar-refractivity contribution in [3.05, 3.63) is 47.2 Å². The smallest absolute Gasteiger partial charge is 0.336 e. The topological polar surface area (TPSA) is 68.2 Å². The molecular formula is C20H24N2O4. The highest BCUT2D eigenvalue weighted by Crippen LogP contribution is 2.41. The van der Waals surface area contributed by atoms with Gasteiger partial charge in [-0.05, 0) is 33.0 Å². The van der Waals surface area contributed by atoms with Gasteiger partial charge < -0.3 is 14.4 Å². The van der Waals surface area contributed by atoms with E-state index >= 15 is 0 Å². The molecule has 6 nitrogen and oxygen atoms in total. The number of hydrogen-bond acceptors (Lipinski definition) is 6. The van der Waals surface area contributed by atoms with E-state index in [9.17, 15) is 9.59 Å². The number of rotatable bonds is 6. The fourth-order valence-corrected chi connectivity index (χ4v) is 3.48. The molecule has 0 amide bonds. The van der Waals surface area contributed by atoms with Crippen LogP contribution in [-0.2, 0) is 19.1 Å². The summed E-state index contributed by atoms with van der Waals surface area (Å²) in [5.74, 6) is -1.70. The third-order valence-corrected chi connectivity index (χ3v) is 4.68. The summed E-state index contributed by atoms with van der Waals surface area (Å²) in [6, 6.07) is 9.55. The lowest BCUT2D eigenvalue weighted by Gasteiger charge is -2.28. The first kappa shape index (κ1) is 18.3. The molecule has 1 saturated heterocycles. The number of aliphatic imine (C=N–C) groups is 1. The number of esters is 2. The minimum Gasteiger partial charge on any atom is -0.462 e. The highest BCUT2D eigenvalue weighted by Gasteiger charge is 2.47. The molecule has 138 valence electrons.